The fourth-order valence-electron chi connectivity index (χ4n) is 1.73. The number of carbonyl (C=O) groups is 1. The Labute approximate surface area is 130 Å². The minimum atomic E-state index is 0.139. The summed E-state index contributed by atoms with van der Waals surface area (Å²) in [6.07, 6.45) is 3.28. The molecule has 116 valence electrons. The van der Waals surface area contributed by atoms with Gasteiger partial charge in [0.05, 0.1) is 19.0 Å². The average molecular weight is 309 g/mol. The molecule has 1 amide bonds. The molecule has 21 heavy (non-hydrogen) atoms. The second-order valence-electron chi connectivity index (χ2n) is 5.06. The van der Waals surface area contributed by atoms with E-state index in [0.29, 0.717) is 18.4 Å². The topological polar surface area (TPSA) is 47.6 Å². The fourth-order valence-corrected chi connectivity index (χ4v) is 2.35. The summed E-state index contributed by atoms with van der Waals surface area (Å²) in [5.41, 5.74) is 0. The molecule has 0 heterocycles. The first-order valence-electron chi connectivity index (χ1n) is 7.50. The summed E-state index contributed by atoms with van der Waals surface area (Å²) in [6, 6.07) is 8.11. The van der Waals surface area contributed by atoms with Crippen LogP contribution in [-0.4, -0.2) is 36.7 Å². The summed E-state index contributed by atoms with van der Waals surface area (Å²) in [5.74, 6) is 3.17. The van der Waals surface area contributed by atoms with Gasteiger partial charge in [-0.15, -0.1) is 11.8 Å². The minimum Gasteiger partial charge on any atom is -0.494 e. The molecule has 0 radical (unpaired) electrons. The average Bonchev–Trinajstić information content (AvgIpc) is 3.30. The van der Waals surface area contributed by atoms with E-state index in [1.54, 1.807) is 11.8 Å². The maximum absolute atomic E-state index is 11.5. The van der Waals surface area contributed by atoms with Gasteiger partial charge >= 0.3 is 0 Å². The number of thioether (sulfide) groups is 1. The Morgan fingerprint density at radius 3 is 2.38 bits per heavy atom. The molecule has 2 rings (SSSR count). The summed E-state index contributed by atoms with van der Waals surface area (Å²) in [5, 5.41) is 2.97. The summed E-state index contributed by atoms with van der Waals surface area (Å²) in [7, 11) is 0. The Hall–Kier alpha value is -1.36. The quantitative estimate of drug-likeness (QED) is 0.675. The molecule has 0 unspecified atom stereocenters. The number of nitrogens with one attached hydrogen (secondary N) is 1. The number of hydrogen-bond donors (Lipinski definition) is 1. The van der Waals surface area contributed by atoms with Crippen molar-refractivity contribution in [3.63, 3.8) is 0 Å². The largest absolute Gasteiger partial charge is 0.494 e. The summed E-state index contributed by atoms with van der Waals surface area (Å²) in [4.78, 5) is 11.5. The summed E-state index contributed by atoms with van der Waals surface area (Å²) in [6.45, 7) is 3.43. The van der Waals surface area contributed by atoms with Gasteiger partial charge in [0.15, 0.2) is 0 Å². The van der Waals surface area contributed by atoms with E-state index in [1.807, 2.05) is 24.3 Å². The molecule has 0 aromatic heterocycles. The van der Waals surface area contributed by atoms with Gasteiger partial charge in [-0.05, 0) is 43.5 Å². The van der Waals surface area contributed by atoms with Crippen LogP contribution in [0.25, 0.3) is 0 Å². The van der Waals surface area contributed by atoms with Gasteiger partial charge in [0.2, 0.25) is 5.91 Å². The zero-order valence-electron chi connectivity index (χ0n) is 12.5. The third-order valence-electron chi connectivity index (χ3n) is 2.97. The van der Waals surface area contributed by atoms with Gasteiger partial charge in [-0.3, -0.25) is 4.79 Å². The van der Waals surface area contributed by atoms with Crippen molar-refractivity contribution in [2.24, 2.45) is 0 Å². The van der Waals surface area contributed by atoms with E-state index in [1.165, 1.54) is 0 Å². The first-order chi connectivity index (χ1) is 10.3. The zero-order chi connectivity index (χ0) is 14.9. The van der Waals surface area contributed by atoms with Gasteiger partial charge in [-0.25, -0.2) is 0 Å². The lowest BCUT2D eigenvalue weighted by Crippen LogP contribution is -2.27. The van der Waals surface area contributed by atoms with Crippen LogP contribution in [0.2, 0.25) is 0 Å². The van der Waals surface area contributed by atoms with Crippen LogP contribution in [0.15, 0.2) is 24.3 Å². The highest BCUT2D eigenvalue weighted by Crippen LogP contribution is 2.19. The molecule has 1 aliphatic rings. The van der Waals surface area contributed by atoms with Crippen LogP contribution in [-0.2, 0) is 4.79 Å². The highest BCUT2D eigenvalue weighted by atomic mass is 32.2. The number of amides is 1. The highest BCUT2D eigenvalue weighted by molar-refractivity contribution is 7.99. The molecule has 1 aromatic rings. The first-order valence-corrected chi connectivity index (χ1v) is 8.66. The number of carbonyl (C=O) groups excluding carboxylic acids is 1. The predicted octanol–water partition coefficient (Wildman–Crippen LogP) is 2.87. The third-order valence-corrected chi connectivity index (χ3v) is 3.89. The lowest BCUT2D eigenvalue weighted by molar-refractivity contribution is -0.118. The van der Waals surface area contributed by atoms with E-state index >= 15 is 0 Å². The van der Waals surface area contributed by atoms with Gasteiger partial charge in [-0.1, -0.05) is 6.92 Å². The van der Waals surface area contributed by atoms with Gasteiger partial charge < -0.3 is 14.8 Å². The molecule has 5 heteroatoms. The lowest BCUT2D eigenvalue weighted by atomic mass is 10.3. The van der Waals surface area contributed by atoms with E-state index in [2.05, 4.69) is 12.2 Å². The Balaban J connectivity index is 1.54. The van der Waals surface area contributed by atoms with E-state index in [0.717, 1.165) is 43.1 Å². The van der Waals surface area contributed by atoms with Crippen LogP contribution in [0.4, 0.5) is 0 Å². The van der Waals surface area contributed by atoms with Gasteiger partial charge in [0.1, 0.15) is 11.5 Å². The van der Waals surface area contributed by atoms with Crippen molar-refractivity contribution < 1.29 is 14.3 Å². The van der Waals surface area contributed by atoms with Crippen molar-refractivity contribution in [3.05, 3.63) is 24.3 Å². The van der Waals surface area contributed by atoms with Gasteiger partial charge in [0, 0.05) is 11.8 Å². The van der Waals surface area contributed by atoms with Crippen LogP contribution >= 0.6 is 11.8 Å². The fraction of sp³-hybridized carbons (Fsp3) is 0.562. The molecule has 1 aliphatic carbocycles. The standard InChI is InChI=1S/C16H23NO3S/c1-2-9-19-14-5-7-15(8-6-14)20-10-11-21-12-16(18)17-13-3-4-13/h5-8,13H,2-4,9-12H2,1H3,(H,17,18). The first kappa shape index (κ1) is 16.0. The van der Waals surface area contributed by atoms with Gasteiger partial charge in [0.25, 0.3) is 0 Å². The highest BCUT2D eigenvalue weighted by Gasteiger charge is 2.22. The Morgan fingerprint density at radius 2 is 1.81 bits per heavy atom. The van der Waals surface area contributed by atoms with Crippen LogP contribution in [0.3, 0.4) is 0 Å². The van der Waals surface area contributed by atoms with Gasteiger partial charge in [-0.2, -0.15) is 0 Å². The third kappa shape index (κ3) is 6.76. The number of rotatable bonds is 10. The molecule has 1 saturated carbocycles. The van der Waals surface area contributed by atoms with Crippen molar-refractivity contribution >= 4 is 17.7 Å². The molecule has 0 bridgehead atoms. The Kier molecular flexibility index (Phi) is 6.73. The van der Waals surface area contributed by atoms with E-state index in [9.17, 15) is 4.79 Å². The molecule has 0 atom stereocenters. The van der Waals surface area contributed by atoms with Crippen molar-refractivity contribution in [1.82, 2.24) is 5.32 Å². The molecule has 0 saturated heterocycles. The second-order valence-corrected chi connectivity index (χ2v) is 6.17. The SMILES string of the molecule is CCCOc1ccc(OCCSCC(=O)NC2CC2)cc1. The molecule has 1 N–H and O–H groups in total. The smallest absolute Gasteiger partial charge is 0.230 e. The molecular formula is C16H23NO3S. The number of ether oxygens (including phenoxy) is 2. The Bertz CT molecular complexity index is 432. The minimum absolute atomic E-state index is 0.139. The monoisotopic (exact) mass is 309 g/mol. The van der Waals surface area contributed by atoms with Crippen molar-refractivity contribution in [3.8, 4) is 11.5 Å². The van der Waals surface area contributed by atoms with Crippen molar-refractivity contribution in [2.75, 3.05) is 24.7 Å². The summed E-state index contributed by atoms with van der Waals surface area (Å²) >= 11 is 1.60. The van der Waals surface area contributed by atoms with Crippen LogP contribution in [0.1, 0.15) is 26.2 Å². The maximum Gasteiger partial charge on any atom is 0.230 e. The Morgan fingerprint density at radius 1 is 1.19 bits per heavy atom. The van der Waals surface area contributed by atoms with Crippen LogP contribution in [0, 0.1) is 0 Å². The zero-order valence-corrected chi connectivity index (χ0v) is 13.3. The number of benzene rings is 1. The van der Waals surface area contributed by atoms with Crippen molar-refractivity contribution in [2.45, 2.75) is 32.2 Å². The van der Waals surface area contributed by atoms with E-state index < -0.39 is 0 Å². The molecule has 1 aromatic carbocycles. The lowest BCUT2D eigenvalue weighted by Gasteiger charge is -2.08. The maximum atomic E-state index is 11.5. The van der Waals surface area contributed by atoms with Crippen LogP contribution < -0.4 is 14.8 Å². The van der Waals surface area contributed by atoms with Crippen LogP contribution in [0.5, 0.6) is 11.5 Å². The molecular weight excluding hydrogens is 286 g/mol. The molecule has 0 spiro atoms. The van der Waals surface area contributed by atoms with E-state index in [-0.39, 0.29) is 5.91 Å². The summed E-state index contributed by atoms with van der Waals surface area (Å²) < 4.78 is 11.1. The van der Waals surface area contributed by atoms with Crippen molar-refractivity contribution in [1.29, 1.82) is 0 Å². The molecule has 4 nitrogen and oxygen atoms in total. The normalized spacial score (nSPS) is 13.8. The molecule has 0 aliphatic heterocycles. The number of hydrogen-bond acceptors (Lipinski definition) is 4. The predicted molar refractivity (Wildman–Crippen MR) is 86.2 cm³/mol. The van der Waals surface area contributed by atoms with E-state index in [4.69, 9.17) is 9.47 Å². The second kappa shape index (κ2) is 8.82. The molecule has 1 fully saturated rings.